The maximum atomic E-state index is 13.0. The van der Waals surface area contributed by atoms with Gasteiger partial charge in [-0.15, -0.1) is 0 Å². The van der Waals surface area contributed by atoms with Gasteiger partial charge in [0, 0.05) is 26.3 Å². The summed E-state index contributed by atoms with van der Waals surface area (Å²) in [5.74, 6) is -0.128. The number of hydrogen-bond donors (Lipinski definition) is 1. The Bertz CT molecular complexity index is 762. The summed E-state index contributed by atoms with van der Waals surface area (Å²) in [6.45, 7) is 5.42. The van der Waals surface area contributed by atoms with E-state index in [-0.39, 0.29) is 17.9 Å². The van der Waals surface area contributed by atoms with Gasteiger partial charge in [0.2, 0.25) is 5.91 Å². The molecule has 1 unspecified atom stereocenters. The van der Waals surface area contributed by atoms with Gasteiger partial charge in [-0.05, 0) is 26.0 Å². The molecule has 0 saturated carbocycles. The lowest BCUT2D eigenvalue weighted by Crippen LogP contribution is -2.43. The molecule has 8 nitrogen and oxygen atoms in total. The molecule has 0 saturated heterocycles. The van der Waals surface area contributed by atoms with Crippen molar-refractivity contribution in [1.82, 2.24) is 29.8 Å². The van der Waals surface area contributed by atoms with Crippen molar-refractivity contribution in [3.05, 3.63) is 35.4 Å². The zero-order valence-corrected chi connectivity index (χ0v) is 14.2. The second kappa shape index (κ2) is 6.46. The van der Waals surface area contributed by atoms with E-state index in [0.29, 0.717) is 31.7 Å². The summed E-state index contributed by atoms with van der Waals surface area (Å²) in [5, 5.41) is 11.3. The van der Waals surface area contributed by atoms with Crippen molar-refractivity contribution in [2.45, 2.75) is 39.4 Å². The van der Waals surface area contributed by atoms with Crippen LogP contribution in [0.1, 0.15) is 41.3 Å². The number of aromatic nitrogens is 4. The van der Waals surface area contributed by atoms with Crippen LogP contribution >= 0.6 is 0 Å². The summed E-state index contributed by atoms with van der Waals surface area (Å²) in [5.41, 5.74) is 2.34. The molecule has 1 aliphatic rings. The van der Waals surface area contributed by atoms with E-state index < -0.39 is 0 Å². The highest BCUT2D eigenvalue weighted by molar-refractivity contribution is 5.92. The minimum absolute atomic E-state index is 0.0631. The molecule has 0 spiro atoms. The molecular formula is C16H22N6O2. The summed E-state index contributed by atoms with van der Waals surface area (Å²) in [6, 6.07) is 3.54. The molecule has 2 aromatic heterocycles. The highest BCUT2D eigenvalue weighted by atomic mass is 16.2. The van der Waals surface area contributed by atoms with Crippen LogP contribution in [0.3, 0.4) is 0 Å². The summed E-state index contributed by atoms with van der Waals surface area (Å²) in [6.07, 6.45) is 2.00. The molecule has 2 aromatic rings. The molecule has 3 heterocycles. The predicted molar refractivity (Wildman–Crippen MR) is 87.3 cm³/mol. The number of carbonyl (C=O) groups is 2. The number of nitrogens with zero attached hydrogens (tertiary/aromatic N) is 5. The molecule has 2 amide bonds. The fraction of sp³-hybridized carbons (Fsp3) is 0.500. The quantitative estimate of drug-likeness (QED) is 0.896. The first-order valence-corrected chi connectivity index (χ1v) is 8.10. The lowest BCUT2D eigenvalue weighted by atomic mass is 10.1. The predicted octanol–water partition coefficient (Wildman–Crippen LogP) is 0.741. The van der Waals surface area contributed by atoms with Gasteiger partial charge in [0.1, 0.15) is 5.69 Å². The molecule has 0 aliphatic carbocycles. The van der Waals surface area contributed by atoms with Gasteiger partial charge >= 0.3 is 0 Å². The van der Waals surface area contributed by atoms with E-state index >= 15 is 0 Å². The molecule has 1 atom stereocenters. The lowest BCUT2D eigenvalue weighted by molar-refractivity contribution is -0.121. The van der Waals surface area contributed by atoms with Crippen LogP contribution in [0.5, 0.6) is 0 Å². The van der Waals surface area contributed by atoms with Gasteiger partial charge in [-0.25, -0.2) is 0 Å². The summed E-state index contributed by atoms with van der Waals surface area (Å²) >= 11 is 0. The Labute approximate surface area is 140 Å². The SMILES string of the molecule is CCn1nc(C)cc1C(=O)N1Cc2ccnn2C(CC(=O)NC)C1. The maximum absolute atomic E-state index is 13.0. The normalized spacial score (nSPS) is 16.8. The van der Waals surface area contributed by atoms with Crippen LogP contribution in [0.15, 0.2) is 18.3 Å². The fourth-order valence-electron chi connectivity index (χ4n) is 3.13. The van der Waals surface area contributed by atoms with Gasteiger partial charge in [0.25, 0.3) is 5.91 Å². The minimum Gasteiger partial charge on any atom is -0.359 e. The number of hydrogen-bond acceptors (Lipinski definition) is 4. The van der Waals surface area contributed by atoms with E-state index in [0.717, 1.165) is 11.4 Å². The van der Waals surface area contributed by atoms with Crippen molar-refractivity contribution < 1.29 is 9.59 Å². The van der Waals surface area contributed by atoms with Crippen LogP contribution in [-0.4, -0.2) is 49.9 Å². The van der Waals surface area contributed by atoms with Crippen LogP contribution in [-0.2, 0) is 17.9 Å². The Kier molecular flexibility index (Phi) is 4.37. The van der Waals surface area contributed by atoms with Crippen molar-refractivity contribution in [1.29, 1.82) is 0 Å². The van der Waals surface area contributed by atoms with Crippen molar-refractivity contribution >= 4 is 11.8 Å². The number of amides is 2. The molecular weight excluding hydrogens is 308 g/mol. The lowest BCUT2D eigenvalue weighted by Gasteiger charge is -2.33. The van der Waals surface area contributed by atoms with Crippen LogP contribution in [0, 0.1) is 6.92 Å². The zero-order chi connectivity index (χ0) is 17.3. The smallest absolute Gasteiger partial charge is 0.272 e. The van der Waals surface area contributed by atoms with Crippen molar-refractivity contribution in [2.24, 2.45) is 0 Å². The first-order valence-electron chi connectivity index (χ1n) is 8.10. The zero-order valence-electron chi connectivity index (χ0n) is 14.2. The van der Waals surface area contributed by atoms with E-state index in [1.165, 1.54) is 0 Å². The third-order valence-electron chi connectivity index (χ3n) is 4.29. The summed E-state index contributed by atoms with van der Waals surface area (Å²) in [7, 11) is 1.61. The Hall–Kier alpha value is -2.64. The summed E-state index contributed by atoms with van der Waals surface area (Å²) < 4.78 is 3.57. The van der Waals surface area contributed by atoms with Crippen molar-refractivity contribution in [3.8, 4) is 0 Å². The average Bonchev–Trinajstić information content (AvgIpc) is 3.19. The molecule has 128 valence electrons. The van der Waals surface area contributed by atoms with Crippen LogP contribution in [0.25, 0.3) is 0 Å². The molecule has 0 radical (unpaired) electrons. The van der Waals surface area contributed by atoms with Gasteiger partial charge in [-0.2, -0.15) is 10.2 Å². The minimum atomic E-state index is -0.160. The molecule has 0 aromatic carbocycles. The molecule has 3 rings (SSSR count). The fourth-order valence-corrected chi connectivity index (χ4v) is 3.13. The van der Waals surface area contributed by atoms with E-state index in [1.807, 2.05) is 30.7 Å². The monoisotopic (exact) mass is 330 g/mol. The van der Waals surface area contributed by atoms with E-state index in [9.17, 15) is 9.59 Å². The summed E-state index contributed by atoms with van der Waals surface area (Å²) in [4.78, 5) is 26.5. The highest BCUT2D eigenvalue weighted by Gasteiger charge is 2.31. The molecule has 24 heavy (non-hydrogen) atoms. The second-order valence-corrected chi connectivity index (χ2v) is 5.97. The molecule has 0 fully saturated rings. The Balaban J connectivity index is 1.87. The third kappa shape index (κ3) is 2.91. The van der Waals surface area contributed by atoms with Gasteiger partial charge in [-0.3, -0.25) is 19.0 Å². The van der Waals surface area contributed by atoms with Crippen LogP contribution in [0.2, 0.25) is 0 Å². The third-order valence-corrected chi connectivity index (χ3v) is 4.29. The first-order chi connectivity index (χ1) is 11.5. The molecule has 0 bridgehead atoms. The van der Waals surface area contributed by atoms with Crippen molar-refractivity contribution in [3.63, 3.8) is 0 Å². The van der Waals surface area contributed by atoms with Crippen molar-refractivity contribution in [2.75, 3.05) is 13.6 Å². The van der Waals surface area contributed by atoms with Crippen LogP contribution in [0.4, 0.5) is 0 Å². The van der Waals surface area contributed by atoms with Gasteiger partial charge in [0.15, 0.2) is 0 Å². The second-order valence-electron chi connectivity index (χ2n) is 5.97. The first kappa shape index (κ1) is 16.2. The average molecular weight is 330 g/mol. The number of carbonyl (C=O) groups excluding carboxylic acids is 2. The molecule has 1 N–H and O–H groups in total. The Morgan fingerprint density at radius 1 is 1.42 bits per heavy atom. The molecule has 1 aliphatic heterocycles. The Morgan fingerprint density at radius 3 is 2.92 bits per heavy atom. The maximum Gasteiger partial charge on any atom is 0.272 e. The number of nitrogens with one attached hydrogen (secondary N) is 1. The van der Waals surface area contributed by atoms with Gasteiger partial charge < -0.3 is 10.2 Å². The number of aryl methyl sites for hydroxylation is 2. The Morgan fingerprint density at radius 2 is 2.21 bits per heavy atom. The largest absolute Gasteiger partial charge is 0.359 e. The topological polar surface area (TPSA) is 85.1 Å². The van der Waals surface area contributed by atoms with Crippen LogP contribution < -0.4 is 5.32 Å². The van der Waals surface area contributed by atoms with E-state index in [4.69, 9.17) is 0 Å². The standard InChI is InChI=1S/C16H22N6O2/c1-4-21-14(7-11(2)19-21)16(24)20-9-12-5-6-18-22(12)13(10-20)8-15(23)17-3/h5-7,13H,4,8-10H2,1-3H3,(H,17,23). The number of fused-ring (bicyclic) bond motifs is 1. The van der Waals surface area contributed by atoms with E-state index in [1.54, 1.807) is 22.8 Å². The number of rotatable bonds is 4. The highest BCUT2D eigenvalue weighted by Crippen LogP contribution is 2.24. The van der Waals surface area contributed by atoms with E-state index in [2.05, 4.69) is 15.5 Å². The van der Waals surface area contributed by atoms with Gasteiger partial charge in [-0.1, -0.05) is 0 Å². The molecule has 8 heteroatoms. The van der Waals surface area contributed by atoms with Gasteiger partial charge in [0.05, 0.1) is 30.4 Å².